The number of rotatable bonds is 4. The van der Waals surface area contributed by atoms with Gasteiger partial charge in [-0.1, -0.05) is 6.92 Å². The smallest absolute Gasteiger partial charge is 0.179 e. The van der Waals surface area contributed by atoms with Gasteiger partial charge in [0.1, 0.15) is 5.52 Å². The molecule has 2 rings (SSSR count). The summed E-state index contributed by atoms with van der Waals surface area (Å²) in [6.45, 7) is 2.28. The number of aliphatic hydroxyl groups excluding tert-OH is 1. The van der Waals surface area contributed by atoms with E-state index in [1.807, 2.05) is 12.1 Å². The number of aromatic nitrogens is 3. The molecule has 0 fully saturated rings. The van der Waals surface area contributed by atoms with Crippen LogP contribution in [-0.4, -0.2) is 31.9 Å². The third-order valence-corrected chi connectivity index (χ3v) is 3.27. The zero-order chi connectivity index (χ0) is 11.4. The molecule has 0 aliphatic rings. The van der Waals surface area contributed by atoms with E-state index in [9.17, 15) is 0 Å². The van der Waals surface area contributed by atoms with Crippen LogP contribution in [0.3, 0.4) is 0 Å². The summed E-state index contributed by atoms with van der Waals surface area (Å²) in [5.74, 6) is 0. The van der Waals surface area contributed by atoms with Crippen molar-refractivity contribution in [3.8, 4) is 0 Å². The average Bonchev–Trinajstić information content (AvgIpc) is 2.29. The van der Waals surface area contributed by atoms with Gasteiger partial charge < -0.3 is 5.11 Å². The number of fused-ring (bicyclic) bond motifs is 1. The molecule has 0 spiro atoms. The first-order valence-electron chi connectivity index (χ1n) is 5.15. The number of hydrogen-bond donors (Lipinski definition) is 1. The SMILES string of the molecule is CC(CCO)Sc1ccc2nccnc2n1. The van der Waals surface area contributed by atoms with Crippen LogP contribution in [0.25, 0.3) is 11.2 Å². The predicted octanol–water partition coefficient (Wildman–Crippen LogP) is 1.89. The molecule has 0 saturated carbocycles. The van der Waals surface area contributed by atoms with Crippen molar-refractivity contribution in [1.82, 2.24) is 15.0 Å². The second kappa shape index (κ2) is 5.23. The zero-order valence-electron chi connectivity index (χ0n) is 9.00. The van der Waals surface area contributed by atoms with E-state index >= 15 is 0 Å². The highest BCUT2D eigenvalue weighted by Crippen LogP contribution is 2.24. The first-order valence-corrected chi connectivity index (χ1v) is 6.03. The van der Waals surface area contributed by atoms with E-state index in [0.717, 1.165) is 17.0 Å². The van der Waals surface area contributed by atoms with Gasteiger partial charge in [0.25, 0.3) is 0 Å². The number of thioether (sulfide) groups is 1. The summed E-state index contributed by atoms with van der Waals surface area (Å²) in [6, 6.07) is 3.86. The van der Waals surface area contributed by atoms with Gasteiger partial charge in [-0.15, -0.1) is 11.8 Å². The monoisotopic (exact) mass is 235 g/mol. The van der Waals surface area contributed by atoms with Crippen molar-refractivity contribution in [2.24, 2.45) is 0 Å². The van der Waals surface area contributed by atoms with Gasteiger partial charge in [0.2, 0.25) is 0 Å². The van der Waals surface area contributed by atoms with Gasteiger partial charge in [0.05, 0.1) is 5.03 Å². The van der Waals surface area contributed by atoms with E-state index in [1.54, 1.807) is 24.2 Å². The minimum absolute atomic E-state index is 0.210. The molecular formula is C11H13N3OS. The molecule has 1 N–H and O–H groups in total. The minimum Gasteiger partial charge on any atom is -0.396 e. The van der Waals surface area contributed by atoms with Crippen molar-refractivity contribution < 1.29 is 5.11 Å². The standard InChI is InChI=1S/C11H13N3OS/c1-8(4-7-15)16-10-3-2-9-11(14-10)13-6-5-12-9/h2-3,5-6,8,15H,4,7H2,1H3. The highest BCUT2D eigenvalue weighted by Gasteiger charge is 2.06. The summed E-state index contributed by atoms with van der Waals surface area (Å²) in [4.78, 5) is 12.7. The van der Waals surface area contributed by atoms with Crippen molar-refractivity contribution in [3.63, 3.8) is 0 Å². The first-order chi connectivity index (χ1) is 7.79. The van der Waals surface area contributed by atoms with Crippen molar-refractivity contribution in [3.05, 3.63) is 24.5 Å². The summed E-state index contributed by atoms with van der Waals surface area (Å²) in [6.07, 6.45) is 4.07. The molecule has 84 valence electrons. The summed E-state index contributed by atoms with van der Waals surface area (Å²) in [5.41, 5.74) is 1.48. The van der Waals surface area contributed by atoms with Gasteiger partial charge >= 0.3 is 0 Å². The van der Waals surface area contributed by atoms with Crippen molar-refractivity contribution in [2.75, 3.05) is 6.61 Å². The molecule has 16 heavy (non-hydrogen) atoms. The normalized spacial score (nSPS) is 12.9. The third kappa shape index (κ3) is 2.68. The van der Waals surface area contributed by atoms with E-state index in [1.165, 1.54) is 0 Å². The summed E-state index contributed by atoms with van der Waals surface area (Å²) < 4.78 is 0. The Morgan fingerprint density at radius 3 is 2.94 bits per heavy atom. The first kappa shape index (κ1) is 11.3. The predicted molar refractivity (Wildman–Crippen MR) is 64.4 cm³/mol. The quantitative estimate of drug-likeness (QED) is 0.820. The fourth-order valence-corrected chi connectivity index (χ4v) is 2.27. The lowest BCUT2D eigenvalue weighted by Crippen LogP contribution is -2.00. The van der Waals surface area contributed by atoms with Crippen molar-refractivity contribution in [2.45, 2.75) is 23.6 Å². The van der Waals surface area contributed by atoms with Gasteiger partial charge in [0, 0.05) is 24.3 Å². The Labute approximate surface area is 98.1 Å². The minimum atomic E-state index is 0.210. The largest absolute Gasteiger partial charge is 0.396 e. The molecule has 0 aliphatic carbocycles. The van der Waals surface area contributed by atoms with E-state index in [2.05, 4.69) is 21.9 Å². The van der Waals surface area contributed by atoms with Crippen LogP contribution in [0.2, 0.25) is 0 Å². The molecule has 2 heterocycles. The van der Waals surface area contributed by atoms with Crippen LogP contribution in [0, 0.1) is 0 Å². The van der Waals surface area contributed by atoms with Crippen LogP contribution in [0.5, 0.6) is 0 Å². The maximum atomic E-state index is 8.83. The average molecular weight is 235 g/mol. The molecule has 0 bridgehead atoms. The highest BCUT2D eigenvalue weighted by atomic mass is 32.2. The fraction of sp³-hybridized carbons (Fsp3) is 0.364. The third-order valence-electron chi connectivity index (χ3n) is 2.16. The Morgan fingerprint density at radius 1 is 1.31 bits per heavy atom. The highest BCUT2D eigenvalue weighted by molar-refractivity contribution is 7.99. The van der Waals surface area contributed by atoms with Crippen LogP contribution in [0.4, 0.5) is 0 Å². The summed E-state index contributed by atoms with van der Waals surface area (Å²) >= 11 is 1.64. The second-order valence-electron chi connectivity index (χ2n) is 3.49. The van der Waals surface area contributed by atoms with E-state index < -0.39 is 0 Å². The molecular weight excluding hydrogens is 222 g/mol. The molecule has 0 aliphatic heterocycles. The Hall–Kier alpha value is -1.20. The zero-order valence-corrected chi connectivity index (χ0v) is 9.81. The molecule has 4 nitrogen and oxygen atoms in total. The fourth-order valence-electron chi connectivity index (χ4n) is 1.35. The molecule has 5 heteroatoms. The molecule has 0 amide bonds. The van der Waals surface area contributed by atoms with E-state index in [0.29, 0.717) is 10.9 Å². The van der Waals surface area contributed by atoms with Gasteiger partial charge in [-0.05, 0) is 18.6 Å². The number of hydrogen-bond acceptors (Lipinski definition) is 5. The molecule has 2 aromatic heterocycles. The molecule has 0 aromatic carbocycles. The van der Waals surface area contributed by atoms with Crippen LogP contribution in [-0.2, 0) is 0 Å². The van der Waals surface area contributed by atoms with Gasteiger partial charge in [-0.2, -0.15) is 0 Å². The molecule has 2 aromatic rings. The lowest BCUT2D eigenvalue weighted by Gasteiger charge is -2.08. The molecule has 1 unspecified atom stereocenters. The number of nitrogens with zero attached hydrogens (tertiary/aromatic N) is 3. The Morgan fingerprint density at radius 2 is 2.12 bits per heavy atom. The lowest BCUT2D eigenvalue weighted by atomic mass is 10.3. The van der Waals surface area contributed by atoms with Gasteiger partial charge in [-0.25, -0.2) is 9.97 Å². The van der Waals surface area contributed by atoms with Gasteiger partial charge in [-0.3, -0.25) is 4.98 Å². The summed E-state index contributed by atoms with van der Waals surface area (Å²) in [7, 11) is 0. The Balaban J connectivity index is 2.19. The molecule has 0 radical (unpaired) electrons. The van der Waals surface area contributed by atoms with Gasteiger partial charge in [0.15, 0.2) is 5.65 Å². The number of aliphatic hydroxyl groups is 1. The van der Waals surface area contributed by atoms with Crippen molar-refractivity contribution in [1.29, 1.82) is 0 Å². The maximum Gasteiger partial charge on any atom is 0.179 e. The number of pyridine rings is 1. The molecule has 1 atom stereocenters. The van der Waals surface area contributed by atoms with E-state index in [4.69, 9.17) is 5.11 Å². The van der Waals surface area contributed by atoms with Crippen LogP contribution in [0.15, 0.2) is 29.6 Å². The van der Waals surface area contributed by atoms with E-state index in [-0.39, 0.29) is 6.61 Å². The maximum absolute atomic E-state index is 8.83. The van der Waals surface area contributed by atoms with Crippen LogP contribution >= 0.6 is 11.8 Å². The second-order valence-corrected chi connectivity index (χ2v) is 4.95. The topological polar surface area (TPSA) is 58.9 Å². The van der Waals surface area contributed by atoms with Crippen molar-refractivity contribution >= 4 is 22.9 Å². The van der Waals surface area contributed by atoms with Crippen LogP contribution in [0.1, 0.15) is 13.3 Å². The Kier molecular flexibility index (Phi) is 3.69. The lowest BCUT2D eigenvalue weighted by molar-refractivity contribution is 0.289. The Bertz CT molecular complexity index is 477. The summed E-state index contributed by atoms with van der Waals surface area (Å²) in [5, 5.41) is 10.1. The molecule has 0 saturated heterocycles. The van der Waals surface area contributed by atoms with Crippen LogP contribution < -0.4 is 0 Å².